The molecule has 0 radical (unpaired) electrons. The van der Waals surface area contributed by atoms with Gasteiger partial charge >= 0.3 is 0 Å². The lowest BCUT2D eigenvalue weighted by molar-refractivity contribution is -0.120. The van der Waals surface area contributed by atoms with Gasteiger partial charge in [0.1, 0.15) is 0 Å². The summed E-state index contributed by atoms with van der Waals surface area (Å²) >= 11 is 0. The van der Waals surface area contributed by atoms with Gasteiger partial charge in [-0.1, -0.05) is 35.9 Å². The Kier molecular flexibility index (Phi) is 5.41. The molecule has 7 heteroatoms. The number of rotatable bonds is 5. The number of para-hydroxylation sites is 1. The van der Waals surface area contributed by atoms with Gasteiger partial charge in [-0.25, -0.2) is 5.43 Å². The molecule has 0 aliphatic heterocycles. The Balaban J connectivity index is 1.57. The third-order valence-corrected chi connectivity index (χ3v) is 3.86. The molecule has 0 saturated carbocycles. The van der Waals surface area contributed by atoms with Crippen LogP contribution < -0.4 is 16.3 Å². The van der Waals surface area contributed by atoms with Gasteiger partial charge in [-0.2, -0.15) is 5.10 Å². The van der Waals surface area contributed by atoms with Crippen LogP contribution in [0.15, 0.2) is 64.5 Å². The number of amides is 2. The maximum atomic E-state index is 12.0. The molecule has 1 aromatic heterocycles. The van der Waals surface area contributed by atoms with Crippen LogP contribution in [-0.2, 0) is 4.79 Å². The van der Waals surface area contributed by atoms with Crippen LogP contribution in [-0.4, -0.2) is 29.6 Å². The second kappa shape index (κ2) is 8.09. The van der Waals surface area contributed by atoms with Gasteiger partial charge in [-0.15, -0.1) is 0 Å². The average molecular weight is 362 g/mol. The first-order valence-corrected chi connectivity index (χ1v) is 8.32. The van der Waals surface area contributed by atoms with Crippen molar-refractivity contribution in [1.82, 2.24) is 15.7 Å². The Morgan fingerprint density at radius 3 is 2.74 bits per heavy atom. The van der Waals surface area contributed by atoms with Gasteiger partial charge in [0.05, 0.1) is 18.3 Å². The topological polar surface area (TPSA) is 103 Å². The predicted octanol–water partition coefficient (Wildman–Crippen LogP) is 1.72. The summed E-state index contributed by atoms with van der Waals surface area (Å²) in [6, 6.07) is 16.1. The van der Waals surface area contributed by atoms with Crippen LogP contribution in [0, 0.1) is 6.92 Å². The molecule has 0 aliphatic rings. The van der Waals surface area contributed by atoms with E-state index in [1.165, 1.54) is 6.21 Å². The lowest BCUT2D eigenvalue weighted by Gasteiger charge is -2.05. The van der Waals surface area contributed by atoms with Gasteiger partial charge in [-0.05, 0) is 36.6 Å². The summed E-state index contributed by atoms with van der Waals surface area (Å²) in [6.07, 6.45) is 1.27. The summed E-state index contributed by atoms with van der Waals surface area (Å²) in [6.45, 7) is 1.66. The maximum absolute atomic E-state index is 12.0. The number of hydrogen-bond donors (Lipinski definition) is 3. The molecule has 2 aromatic carbocycles. The van der Waals surface area contributed by atoms with E-state index in [4.69, 9.17) is 0 Å². The molecule has 0 fully saturated rings. The number of aryl methyl sites for hydroxylation is 1. The highest BCUT2D eigenvalue weighted by Crippen LogP contribution is 2.09. The Morgan fingerprint density at radius 1 is 1.11 bits per heavy atom. The summed E-state index contributed by atoms with van der Waals surface area (Å²) < 4.78 is 0. The highest BCUT2D eigenvalue weighted by Gasteiger charge is 2.07. The molecular weight excluding hydrogens is 344 g/mol. The molecule has 136 valence electrons. The summed E-state index contributed by atoms with van der Waals surface area (Å²) in [5.41, 5.74) is 4.46. The number of carbonyl (C=O) groups excluding carboxylic acids is 2. The second-order valence-electron chi connectivity index (χ2n) is 5.99. The van der Waals surface area contributed by atoms with Crippen molar-refractivity contribution in [2.24, 2.45) is 5.10 Å². The van der Waals surface area contributed by atoms with Crippen molar-refractivity contribution in [1.29, 1.82) is 0 Å². The molecule has 0 spiro atoms. The van der Waals surface area contributed by atoms with Crippen LogP contribution in [0.5, 0.6) is 0 Å². The van der Waals surface area contributed by atoms with Crippen molar-refractivity contribution < 1.29 is 9.59 Å². The van der Waals surface area contributed by atoms with Gasteiger partial charge in [0.15, 0.2) is 0 Å². The Bertz CT molecular complexity index is 1090. The smallest absolute Gasteiger partial charge is 0.259 e. The second-order valence-corrected chi connectivity index (χ2v) is 5.99. The number of H-pyrrole nitrogens is 1. The van der Waals surface area contributed by atoms with E-state index in [1.807, 2.05) is 31.2 Å². The number of carbonyl (C=O) groups is 2. The number of benzene rings is 2. The number of hydrogen-bond acceptors (Lipinski definition) is 4. The van der Waals surface area contributed by atoms with Crippen LogP contribution in [0.4, 0.5) is 0 Å². The number of hydrazone groups is 1. The van der Waals surface area contributed by atoms with E-state index < -0.39 is 5.91 Å². The fourth-order valence-electron chi connectivity index (χ4n) is 2.52. The Morgan fingerprint density at radius 2 is 1.93 bits per heavy atom. The van der Waals surface area contributed by atoms with Crippen molar-refractivity contribution in [3.8, 4) is 0 Å². The van der Waals surface area contributed by atoms with E-state index in [9.17, 15) is 14.4 Å². The molecule has 0 atom stereocenters. The van der Waals surface area contributed by atoms with Crippen molar-refractivity contribution in [3.63, 3.8) is 0 Å². The third-order valence-electron chi connectivity index (χ3n) is 3.86. The average Bonchev–Trinajstić information content (AvgIpc) is 2.66. The van der Waals surface area contributed by atoms with Crippen molar-refractivity contribution >= 4 is 28.9 Å². The number of nitrogens with one attached hydrogen (secondary N) is 3. The fraction of sp³-hybridized carbons (Fsp3) is 0.100. The highest BCUT2D eigenvalue weighted by atomic mass is 16.2. The van der Waals surface area contributed by atoms with Crippen LogP contribution in [0.1, 0.15) is 21.5 Å². The highest BCUT2D eigenvalue weighted by molar-refractivity contribution is 5.96. The van der Waals surface area contributed by atoms with E-state index in [2.05, 4.69) is 20.8 Å². The van der Waals surface area contributed by atoms with Gasteiger partial charge < -0.3 is 10.3 Å². The summed E-state index contributed by atoms with van der Waals surface area (Å²) in [5, 5.41) is 7.15. The monoisotopic (exact) mass is 362 g/mol. The molecule has 0 aliphatic carbocycles. The van der Waals surface area contributed by atoms with Crippen molar-refractivity contribution in [2.75, 3.05) is 6.54 Å². The summed E-state index contributed by atoms with van der Waals surface area (Å²) in [4.78, 5) is 38.5. The van der Waals surface area contributed by atoms with E-state index in [0.29, 0.717) is 11.1 Å². The minimum Gasteiger partial charge on any atom is -0.343 e. The molecule has 7 nitrogen and oxygen atoms in total. The zero-order valence-electron chi connectivity index (χ0n) is 14.7. The molecule has 0 unspecified atom stereocenters. The molecule has 27 heavy (non-hydrogen) atoms. The standard InChI is InChI=1S/C20H18N4O3/c1-13-5-4-7-15(9-13)19(26)21-12-18(25)24-22-11-16-10-14-6-2-3-8-17(14)23-20(16)27/h2-11H,12H2,1H3,(H,21,26)(H,23,27)(H,24,25)/b22-11-. The van der Waals surface area contributed by atoms with E-state index >= 15 is 0 Å². The first-order valence-electron chi connectivity index (χ1n) is 8.32. The molecule has 3 rings (SSSR count). The third kappa shape index (κ3) is 4.66. The molecule has 3 N–H and O–H groups in total. The first-order chi connectivity index (χ1) is 13.0. The molecule has 3 aromatic rings. The zero-order chi connectivity index (χ0) is 19.2. The van der Waals surface area contributed by atoms with Crippen molar-refractivity contribution in [2.45, 2.75) is 6.92 Å². The maximum Gasteiger partial charge on any atom is 0.259 e. The number of aromatic amines is 1. The lowest BCUT2D eigenvalue weighted by atomic mass is 10.1. The predicted molar refractivity (Wildman–Crippen MR) is 104 cm³/mol. The molecule has 2 amide bonds. The molecule has 1 heterocycles. The van der Waals surface area contributed by atoms with Crippen LogP contribution in [0.2, 0.25) is 0 Å². The van der Waals surface area contributed by atoms with E-state index in [-0.39, 0.29) is 18.0 Å². The van der Waals surface area contributed by atoms with Crippen LogP contribution in [0.25, 0.3) is 10.9 Å². The number of aromatic nitrogens is 1. The van der Waals surface area contributed by atoms with Gasteiger partial charge in [0, 0.05) is 11.1 Å². The number of fused-ring (bicyclic) bond motifs is 1. The first kappa shape index (κ1) is 18.1. The Labute approximate surface area is 155 Å². The minimum absolute atomic E-state index is 0.224. The van der Waals surface area contributed by atoms with Gasteiger partial charge in [0.2, 0.25) is 0 Å². The lowest BCUT2D eigenvalue weighted by Crippen LogP contribution is -2.35. The minimum atomic E-state index is -0.496. The van der Waals surface area contributed by atoms with E-state index in [0.717, 1.165) is 16.5 Å². The van der Waals surface area contributed by atoms with Gasteiger partial charge in [-0.3, -0.25) is 14.4 Å². The SMILES string of the molecule is Cc1cccc(C(=O)NCC(=O)N/N=C\c2cc3ccccc3[nH]c2=O)c1. The Hall–Kier alpha value is -3.74. The largest absolute Gasteiger partial charge is 0.343 e. The van der Waals surface area contributed by atoms with Crippen LogP contribution in [0.3, 0.4) is 0 Å². The van der Waals surface area contributed by atoms with Crippen molar-refractivity contribution in [3.05, 3.63) is 81.6 Å². The molecule has 0 bridgehead atoms. The quantitative estimate of drug-likeness (QED) is 0.475. The summed E-state index contributed by atoms with van der Waals surface area (Å²) in [5.74, 6) is -0.840. The summed E-state index contributed by atoms with van der Waals surface area (Å²) in [7, 11) is 0. The normalized spacial score (nSPS) is 10.9. The van der Waals surface area contributed by atoms with Crippen LogP contribution >= 0.6 is 0 Å². The van der Waals surface area contributed by atoms with Gasteiger partial charge in [0.25, 0.3) is 17.4 Å². The zero-order valence-corrected chi connectivity index (χ0v) is 14.7. The van der Waals surface area contributed by atoms with E-state index in [1.54, 1.807) is 30.3 Å². The number of nitrogens with zero attached hydrogens (tertiary/aromatic N) is 1. The molecular formula is C20H18N4O3. The number of pyridine rings is 1. The molecule has 0 saturated heterocycles. The fourth-order valence-corrected chi connectivity index (χ4v) is 2.52.